The van der Waals surface area contributed by atoms with Gasteiger partial charge in [0.2, 0.25) is 0 Å². The molecule has 6 heteroatoms. The van der Waals surface area contributed by atoms with Crippen molar-refractivity contribution in [2.45, 2.75) is 44.8 Å². The molecular formula is C19H25NO5. The average Bonchev–Trinajstić information content (AvgIpc) is 2.61. The minimum Gasteiger partial charge on any atom is -0.481 e. The van der Waals surface area contributed by atoms with Crippen LogP contribution in [0.15, 0.2) is 24.3 Å². The molecule has 25 heavy (non-hydrogen) atoms. The summed E-state index contributed by atoms with van der Waals surface area (Å²) in [6.07, 6.45) is 2.68. The van der Waals surface area contributed by atoms with Crippen LogP contribution in [0.25, 0.3) is 0 Å². The van der Waals surface area contributed by atoms with Crippen LogP contribution in [0.3, 0.4) is 0 Å². The zero-order valence-electron chi connectivity index (χ0n) is 14.5. The van der Waals surface area contributed by atoms with Crippen molar-refractivity contribution in [2.24, 2.45) is 5.41 Å². The fourth-order valence-corrected chi connectivity index (χ4v) is 4.05. The van der Waals surface area contributed by atoms with Crippen LogP contribution in [-0.2, 0) is 20.7 Å². The van der Waals surface area contributed by atoms with Gasteiger partial charge in [0.05, 0.1) is 12.5 Å². The fraction of sp³-hybridized carbons (Fsp3) is 0.579. The van der Waals surface area contributed by atoms with E-state index in [2.05, 4.69) is 5.32 Å². The van der Waals surface area contributed by atoms with Crippen LogP contribution < -0.4 is 5.32 Å². The minimum atomic E-state index is -0.905. The molecule has 0 aromatic heterocycles. The maximum atomic E-state index is 12.6. The van der Waals surface area contributed by atoms with Crippen LogP contribution in [0, 0.1) is 5.41 Å². The third-order valence-electron chi connectivity index (χ3n) is 5.43. The van der Waals surface area contributed by atoms with Crippen LogP contribution in [0.1, 0.15) is 42.1 Å². The van der Waals surface area contributed by atoms with E-state index in [1.54, 1.807) is 24.3 Å². The first-order chi connectivity index (χ1) is 12.0. The molecule has 2 aliphatic rings. The third kappa shape index (κ3) is 3.70. The zero-order valence-corrected chi connectivity index (χ0v) is 14.5. The first-order valence-corrected chi connectivity index (χ1v) is 8.86. The number of amides is 1. The lowest BCUT2D eigenvalue weighted by Gasteiger charge is -2.57. The number of carbonyl (C=O) groups is 2. The second kappa shape index (κ2) is 7.54. The molecule has 1 aliphatic heterocycles. The second-order valence-electron chi connectivity index (χ2n) is 6.82. The van der Waals surface area contributed by atoms with Crippen molar-refractivity contribution in [1.29, 1.82) is 0 Å². The number of carboxylic acid groups (broad SMARTS) is 1. The van der Waals surface area contributed by atoms with Crippen molar-refractivity contribution < 1.29 is 24.2 Å². The van der Waals surface area contributed by atoms with Gasteiger partial charge in [0.25, 0.3) is 5.91 Å². The van der Waals surface area contributed by atoms with Crippen LogP contribution in [-0.4, -0.2) is 48.9 Å². The molecule has 136 valence electrons. The van der Waals surface area contributed by atoms with E-state index in [1.807, 2.05) is 6.92 Å². The van der Waals surface area contributed by atoms with Gasteiger partial charge >= 0.3 is 5.97 Å². The maximum Gasteiger partial charge on any atom is 0.307 e. The molecule has 1 heterocycles. The van der Waals surface area contributed by atoms with E-state index in [9.17, 15) is 9.59 Å². The summed E-state index contributed by atoms with van der Waals surface area (Å²) in [4.78, 5) is 23.5. The van der Waals surface area contributed by atoms with Gasteiger partial charge in [0.1, 0.15) is 0 Å². The van der Waals surface area contributed by atoms with E-state index >= 15 is 0 Å². The molecule has 1 aliphatic carbocycles. The average molecular weight is 347 g/mol. The van der Waals surface area contributed by atoms with Crippen molar-refractivity contribution in [2.75, 3.05) is 19.8 Å². The van der Waals surface area contributed by atoms with E-state index in [0.29, 0.717) is 30.9 Å². The van der Waals surface area contributed by atoms with E-state index in [0.717, 1.165) is 19.3 Å². The number of carboxylic acids is 1. The normalized spacial score (nSPS) is 24.5. The first kappa shape index (κ1) is 17.9. The molecule has 0 bridgehead atoms. The number of benzene rings is 1. The van der Waals surface area contributed by atoms with Gasteiger partial charge in [0, 0.05) is 36.8 Å². The molecule has 1 aromatic carbocycles. The predicted molar refractivity (Wildman–Crippen MR) is 91.6 cm³/mol. The highest BCUT2D eigenvalue weighted by atomic mass is 16.5. The number of nitrogens with one attached hydrogen (secondary N) is 1. The molecule has 1 aromatic rings. The zero-order chi connectivity index (χ0) is 17.9. The molecule has 0 unspecified atom stereocenters. The molecule has 1 saturated heterocycles. The number of aliphatic carboxylic acids is 1. The van der Waals surface area contributed by atoms with Crippen molar-refractivity contribution in [1.82, 2.24) is 5.32 Å². The second-order valence-corrected chi connectivity index (χ2v) is 6.82. The highest BCUT2D eigenvalue weighted by Crippen LogP contribution is 2.50. The molecule has 1 spiro atoms. The van der Waals surface area contributed by atoms with Gasteiger partial charge in [-0.3, -0.25) is 9.59 Å². The highest BCUT2D eigenvalue weighted by Gasteiger charge is 2.56. The molecule has 2 fully saturated rings. The van der Waals surface area contributed by atoms with Crippen molar-refractivity contribution in [3.8, 4) is 0 Å². The maximum absolute atomic E-state index is 12.6. The lowest BCUT2D eigenvalue weighted by atomic mass is 9.57. The Morgan fingerprint density at radius 3 is 2.80 bits per heavy atom. The van der Waals surface area contributed by atoms with Gasteiger partial charge in [-0.25, -0.2) is 0 Å². The van der Waals surface area contributed by atoms with E-state index in [4.69, 9.17) is 14.6 Å². The van der Waals surface area contributed by atoms with E-state index in [1.165, 1.54) is 0 Å². The quantitative estimate of drug-likeness (QED) is 0.822. The summed E-state index contributed by atoms with van der Waals surface area (Å²) in [5.41, 5.74) is 1.09. The Morgan fingerprint density at radius 2 is 2.12 bits per heavy atom. The number of carbonyl (C=O) groups excluding carboxylic acids is 1. The topological polar surface area (TPSA) is 84.9 Å². The van der Waals surface area contributed by atoms with Crippen molar-refractivity contribution in [3.05, 3.63) is 35.4 Å². The summed E-state index contributed by atoms with van der Waals surface area (Å²) in [5.74, 6) is -1.06. The number of hydrogen-bond donors (Lipinski definition) is 2. The third-order valence-corrected chi connectivity index (χ3v) is 5.43. The Labute approximate surface area is 147 Å². The van der Waals surface area contributed by atoms with Crippen LogP contribution >= 0.6 is 0 Å². The smallest absolute Gasteiger partial charge is 0.307 e. The Bertz CT molecular complexity index is 638. The molecule has 6 nitrogen and oxygen atoms in total. The lowest BCUT2D eigenvalue weighted by molar-refractivity contribution is -0.170. The summed E-state index contributed by atoms with van der Waals surface area (Å²) in [6.45, 7) is 4.06. The molecular weight excluding hydrogens is 322 g/mol. The Hall–Kier alpha value is -1.92. The standard InChI is InChI=1S/C19H25NO5/c1-2-25-16-12-15(19(16)6-8-24-9-7-19)20-18(23)14-5-3-4-13(10-14)11-17(21)22/h3-5,10,15-16H,2,6-9,11-12H2,1H3,(H,20,23)(H,21,22)/t15-,16-/m1/s1. The summed E-state index contributed by atoms with van der Waals surface area (Å²) >= 11 is 0. The van der Waals surface area contributed by atoms with Crippen molar-refractivity contribution in [3.63, 3.8) is 0 Å². The van der Waals surface area contributed by atoms with Gasteiger partial charge in [0.15, 0.2) is 0 Å². The Morgan fingerprint density at radius 1 is 1.36 bits per heavy atom. The molecule has 2 atom stereocenters. The molecule has 2 N–H and O–H groups in total. The van der Waals surface area contributed by atoms with E-state index in [-0.39, 0.29) is 29.9 Å². The van der Waals surface area contributed by atoms with Gasteiger partial charge in [-0.05, 0) is 43.9 Å². The Balaban J connectivity index is 1.69. The molecule has 0 radical (unpaired) electrons. The van der Waals surface area contributed by atoms with Gasteiger partial charge in [-0.15, -0.1) is 0 Å². The summed E-state index contributed by atoms with van der Waals surface area (Å²) < 4.78 is 11.4. The number of hydrogen-bond acceptors (Lipinski definition) is 4. The molecule has 1 amide bonds. The van der Waals surface area contributed by atoms with Crippen LogP contribution in [0.4, 0.5) is 0 Å². The van der Waals surface area contributed by atoms with Crippen LogP contribution in [0.2, 0.25) is 0 Å². The monoisotopic (exact) mass is 347 g/mol. The predicted octanol–water partition coefficient (Wildman–Crippen LogP) is 2.02. The van der Waals surface area contributed by atoms with Gasteiger partial charge in [-0.2, -0.15) is 0 Å². The molecule has 3 rings (SSSR count). The SMILES string of the molecule is CCO[C@@H]1C[C@@H](NC(=O)c2cccc(CC(=O)O)c2)C12CCOCC2. The molecule has 1 saturated carbocycles. The number of ether oxygens (including phenoxy) is 2. The van der Waals surface area contributed by atoms with Gasteiger partial charge < -0.3 is 19.9 Å². The van der Waals surface area contributed by atoms with Crippen molar-refractivity contribution >= 4 is 11.9 Å². The van der Waals surface area contributed by atoms with E-state index < -0.39 is 5.97 Å². The summed E-state index contributed by atoms with van der Waals surface area (Å²) in [5, 5.41) is 12.0. The summed E-state index contributed by atoms with van der Waals surface area (Å²) in [6, 6.07) is 6.89. The summed E-state index contributed by atoms with van der Waals surface area (Å²) in [7, 11) is 0. The van der Waals surface area contributed by atoms with Gasteiger partial charge in [-0.1, -0.05) is 12.1 Å². The first-order valence-electron chi connectivity index (χ1n) is 8.86. The number of rotatable bonds is 6. The largest absolute Gasteiger partial charge is 0.481 e. The highest BCUT2D eigenvalue weighted by molar-refractivity contribution is 5.94. The minimum absolute atomic E-state index is 0.0391. The fourth-order valence-electron chi connectivity index (χ4n) is 4.05. The Kier molecular flexibility index (Phi) is 5.39. The lowest BCUT2D eigenvalue weighted by Crippen LogP contribution is -2.66. The van der Waals surface area contributed by atoms with Crippen LogP contribution in [0.5, 0.6) is 0 Å².